The van der Waals surface area contributed by atoms with Gasteiger partial charge in [0, 0.05) is 43.3 Å². The lowest BCUT2D eigenvalue weighted by Gasteiger charge is -2.33. The van der Waals surface area contributed by atoms with Gasteiger partial charge in [-0.25, -0.2) is 0 Å². The van der Waals surface area contributed by atoms with Crippen molar-refractivity contribution in [2.45, 2.75) is 25.8 Å². The lowest BCUT2D eigenvalue weighted by Crippen LogP contribution is -2.42. The Hall–Kier alpha value is -1.95. The predicted molar refractivity (Wildman–Crippen MR) is 81.2 cm³/mol. The van der Waals surface area contributed by atoms with Crippen molar-refractivity contribution < 1.29 is 4.92 Å². The van der Waals surface area contributed by atoms with Crippen LogP contribution in [0.4, 0.5) is 5.69 Å². The highest BCUT2D eigenvalue weighted by atomic mass is 16.6. The summed E-state index contributed by atoms with van der Waals surface area (Å²) in [5, 5.41) is 15.4. The summed E-state index contributed by atoms with van der Waals surface area (Å²) in [7, 11) is 0. The molecule has 21 heavy (non-hydrogen) atoms. The van der Waals surface area contributed by atoms with Gasteiger partial charge in [-0.05, 0) is 18.5 Å². The molecule has 2 heterocycles. The Labute approximate surface area is 124 Å². The molecule has 2 atom stereocenters. The lowest BCUT2D eigenvalue weighted by atomic mass is 9.86. The number of nitrogens with zero attached hydrogens (tertiary/aromatic N) is 3. The van der Waals surface area contributed by atoms with Crippen molar-refractivity contribution in [2.24, 2.45) is 11.0 Å². The molecule has 0 saturated carbocycles. The van der Waals surface area contributed by atoms with Gasteiger partial charge in [-0.2, -0.15) is 5.10 Å². The lowest BCUT2D eigenvalue weighted by molar-refractivity contribution is -0.384. The fourth-order valence-electron chi connectivity index (χ4n) is 3.27. The van der Waals surface area contributed by atoms with Gasteiger partial charge in [0.1, 0.15) is 0 Å². The Bertz CT molecular complexity index is 573. The summed E-state index contributed by atoms with van der Waals surface area (Å²) >= 11 is 0. The number of nitro groups is 1. The molecule has 1 fully saturated rings. The van der Waals surface area contributed by atoms with Crippen molar-refractivity contribution in [2.75, 3.05) is 19.6 Å². The smallest absolute Gasteiger partial charge is 0.269 e. The molecule has 2 aliphatic rings. The zero-order valence-electron chi connectivity index (χ0n) is 12.2. The van der Waals surface area contributed by atoms with E-state index in [1.165, 1.54) is 11.8 Å². The first-order chi connectivity index (χ1) is 10.2. The number of piperidine rings is 1. The van der Waals surface area contributed by atoms with Crippen molar-refractivity contribution in [1.82, 2.24) is 10.3 Å². The Morgan fingerprint density at radius 1 is 1.52 bits per heavy atom. The number of hydrogen-bond acceptors (Lipinski definition) is 5. The van der Waals surface area contributed by atoms with Crippen molar-refractivity contribution in [3.8, 4) is 0 Å². The first-order valence-electron chi connectivity index (χ1n) is 7.47. The first kappa shape index (κ1) is 14.0. The van der Waals surface area contributed by atoms with E-state index in [1.807, 2.05) is 6.07 Å². The second-order valence-electron chi connectivity index (χ2n) is 5.72. The largest absolute Gasteiger partial charge is 0.302 e. The number of nitro benzene ring substituents is 1. The Morgan fingerprint density at radius 2 is 2.38 bits per heavy atom. The standard InChI is InChI=1S/C15H20N4O2/c1-2-7-18-8-6-14-13(10-18)15(17-16-14)11-4-3-5-12(9-11)19(20)21/h3-5,9,13,15,17H,2,6-8,10H2,1H3. The van der Waals surface area contributed by atoms with Crippen LogP contribution in [0.25, 0.3) is 0 Å². The van der Waals surface area contributed by atoms with Gasteiger partial charge >= 0.3 is 0 Å². The summed E-state index contributed by atoms with van der Waals surface area (Å²) in [5.74, 6) is 0.326. The molecule has 0 bridgehead atoms. The van der Waals surface area contributed by atoms with Gasteiger partial charge < -0.3 is 10.3 Å². The third-order valence-corrected chi connectivity index (χ3v) is 4.30. The maximum Gasteiger partial charge on any atom is 0.269 e. The van der Waals surface area contributed by atoms with Gasteiger partial charge in [-0.15, -0.1) is 0 Å². The van der Waals surface area contributed by atoms with E-state index in [4.69, 9.17) is 0 Å². The number of nitrogens with one attached hydrogen (secondary N) is 1. The highest BCUT2D eigenvalue weighted by Crippen LogP contribution is 2.33. The van der Waals surface area contributed by atoms with E-state index < -0.39 is 0 Å². The maximum atomic E-state index is 10.9. The molecule has 2 unspecified atom stereocenters. The monoisotopic (exact) mass is 288 g/mol. The van der Waals surface area contributed by atoms with Crippen LogP contribution in [-0.4, -0.2) is 35.2 Å². The van der Waals surface area contributed by atoms with Gasteiger partial charge in [-0.3, -0.25) is 10.1 Å². The third kappa shape index (κ3) is 2.76. The highest BCUT2D eigenvalue weighted by Gasteiger charge is 2.37. The van der Waals surface area contributed by atoms with Crippen LogP contribution >= 0.6 is 0 Å². The van der Waals surface area contributed by atoms with Crippen LogP contribution in [0.5, 0.6) is 0 Å². The molecule has 112 valence electrons. The summed E-state index contributed by atoms with van der Waals surface area (Å²) in [4.78, 5) is 13.1. The van der Waals surface area contributed by atoms with Crippen LogP contribution < -0.4 is 5.43 Å². The Balaban J connectivity index is 1.80. The van der Waals surface area contributed by atoms with Crippen LogP contribution in [0, 0.1) is 16.0 Å². The third-order valence-electron chi connectivity index (χ3n) is 4.30. The van der Waals surface area contributed by atoms with E-state index in [9.17, 15) is 10.1 Å². The van der Waals surface area contributed by atoms with E-state index in [2.05, 4.69) is 22.4 Å². The maximum absolute atomic E-state index is 10.9. The van der Waals surface area contributed by atoms with Crippen molar-refractivity contribution in [3.63, 3.8) is 0 Å². The molecule has 3 rings (SSSR count). The molecule has 1 saturated heterocycles. The summed E-state index contributed by atoms with van der Waals surface area (Å²) in [6, 6.07) is 6.95. The highest BCUT2D eigenvalue weighted by molar-refractivity contribution is 5.89. The minimum absolute atomic E-state index is 0.0551. The van der Waals surface area contributed by atoms with E-state index in [1.54, 1.807) is 12.1 Å². The Morgan fingerprint density at radius 3 is 3.14 bits per heavy atom. The number of hydrazone groups is 1. The average Bonchev–Trinajstić information content (AvgIpc) is 2.91. The van der Waals surface area contributed by atoms with Gasteiger partial charge in [0.2, 0.25) is 0 Å². The number of likely N-dealkylation sites (tertiary alicyclic amines) is 1. The average molecular weight is 288 g/mol. The molecule has 6 nitrogen and oxygen atoms in total. The molecule has 2 aliphatic heterocycles. The number of benzene rings is 1. The summed E-state index contributed by atoms with van der Waals surface area (Å²) in [6.07, 6.45) is 2.14. The van der Waals surface area contributed by atoms with E-state index in [0.29, 0.717) is 5.92 Å². The van der Waals surface area contributed by atoms with Crippen LogP contribution in [0.15, 0.2) is 29.4 Å². The quantitative estimate of drug-likeness (QED) is 0.682. The molecule has 0 radical (unpaired) electrons. The molecule has 0 spiro atoms. The zero-order chi connectivity index (χ0) is 14.8. The summed E-state index contributed by atoms with van der Waals surface area (Å²) < 4.78 is 0. The molecule has 1 N–H and O–H groups in total. The fraction of sp³-hybridized carbons (Fsp3) is 0.533. The van der Waals surface area contributed by atoms with E-state index in [-0.39, 0.29) is 16.7 Å². The minimum atomic E-state index is -0.343. The Kier molecular flexibility index (Phi) is 3.88. The molecule has 0 aliphatic carbocycles. The summed E-state index contributed by atoms with van der Waals surface area (Å²) in [5.41, 5.74) is 5.48. The molecular formula is C15H20N4O2. The van der Waals surface area contributed by atoms with Crippen molar-refractivity contribution in [1.29, 1.82) is 0 Å². The summed E-state index contributed by atoms with van der Waals surface area (Å²) in [6.45, 7) is 5.33. The van der Waals surface area contributed by atoms with Crippen molar-refractivity contribution >= 4 is 11.4 Å². The van der Waals surface area contributed by atoms with Gasteiger partial charge in [0.15, 0.2) is 0 Å². The molecule has 1 aromatic rings. The normalized spacial score (nSPS) is 25.1. The zero-order valence-corrected chi connectivity index (χ0v) is 12.2. The molecule has 6 heteroatoms. The van der Waals surface area contributed by atoms with Crippen LogP contribution in [0.1, 0.15) is 31.4 Å². The number of hydrogen-bond donors (Lipinski definition) is 1. The number of fused-ring (bicyclic) bond motifs is 1. The molecule has 1 aromatic carbocycles. The second-order valence-corrected chi connectivity index (χ2v) is 5.72. The molecule has 0 amide bonds. The number of rotatable bonds is 4. The molecular weight excluding hydrogens is 268 g/mol. The topological polar surface area (TPSA) is 70.8 Å². The van der Waals surface area contributed by atoms with Crippen molar-refractivity contribution in [3.05, 3.63) is 39.9 Å². The van der Waals surface area contributed by atoms with Gasteiger partial charge in [0.25, 0.3) is 5.69 Å². The predicted octanol–water partition coefficient (Wildman–Crippen LogP) is 2.33. The molecule has 0 aromatic heterocycles. The minimum Gasteiger partial charge on any atom is -0.302 e. The second kappa shape index (κ2) is 5.81. The van der Waals surface area contributed by atoms with E-state index >= 15 is 0 Å². The fourth-order valence-corrected chi connectivity index (χ4v) is 3.27. The first-order valence-corrected chi connectivity index (χ1v) is 7.47. The SMILES string of the molecule is CCCN1CCC2=NNC(c3cccc([N+](=O)[O-])c3)C2C1. The van der Waals surface area contributed by atoms with E-state index in [0.717, 1.165) is 38.0 Å². The number of non-ortho nitro benzene ring substituents is 1. The van der Waals surface area contributed by atoms with Crippen LogP contribution in [-0.2, 0) is 0 Å². The van der Waals surface area contributed by atoms with Crippen LogP contribution in [0.3, 0.4) is 0 Å². The van der Waals surface area contributed by atoms with Gasteiger partial charge in [-0.1, -0.05) is 19.1 Å². The van der Waals surface area contributed by atoms with Crippen LogP contribution in [0.2, 0.25) is 0 Å². The van der Waals surface area contributed by atoms with Gasteiger partial charge in [0.05, 0.1) is 11.0 Å².